The van der Waals surface area contributed by atoms with Gasteiger partial charge in [-0.3, -0.25) is 4.57 Å². The van der Waals surface area contributed by atoms with Crippen LogP contribution in [-0.2, 0) is 6.54 Å². The SMILES string of the molecule is O=c1[nH]c2cc(Cl)c(Cl)cc2n1CCO. The highest BCUT2D eigenvalue weighted by Crippen LogP contribution is 2.26. The molecule has 0 saturated carbocycles. The van der Waals surface area contributed by atoms with Crippen LogP contribution in [0.4, 0.5) is 0 Å². The van der Waals surface area contributed by atoms with Crippen LogP contribution in [-0.4, -0.2) is 21.3 Å². The van der Waals surface area contributed by atoms with Crippen molar-refractivity contribution >= 4 is 34.2 Å². The van der Waals surface area contributed by atoms with Gasteiger partial charge in [-0.15, -0.1) is 0 Å². The van der Waals surface area contributed by atoms with E-state index in [4.69, 9.17) is 28.3 Å². The number of benzene rings is 1. The molecule has 1 aromatic carbocycles. The van der Waals surface area contributed by atoms with E-state index >= 15 is 0 Å². The third kappa shape index (κ3) is 1.76. The van der Waals surface area contributed by atoms with Crippen molar-refractivity contribution in [3.63, 3.8) is 0 Å². The molecule has 6 heteroatoms. The lowest BCUT2D eigenvalue weighted by atomic mass is 10.3. The Morgan fingerprint density at radius 3 is 2.67 bits per heavy atom. The minimum Gasteiger partial charge on any atom is -0.395 e. The molecule has 0 radical (unpaired) electrons. The summed E-state index contributed by atoms with van der Waals surface area (Å²) in [6.07, 6.45) is 0. The highest BCUT2D eigenvalue weighted by molar-refractivity contribution is 6.42. The van der Waals surface area contributed by atoms with Crippen LogP contribution >= 0.6 is 23.2 Å². The number of imidazole rings is 1. The van der Waals surface area contributed by atoms with Gasteiger partial charge in [-0.1, -0.05) is 23.2 Å². The summed E-state index contributed by atoms with van der Waals surface area (Å²) in [5.41, 5.74) is 0.976. The fraction of sp³-hybridized carbons (Fsp3) is 0.222. The van der Waals surface area contributed by atoms with Crippen LogP contribution in [0.5, 0.6) is 0 Å². The van der Waals surface area contributed by atoms with Gasteiger partial charge in [0, 0.05) is 0 Å². The van der Waals surface area contributed by atoms with Crippen LogP contribution in [0.1, 0.15) is 0 Å². The van der Waals surface area contributed by atoms with Crippen molar-refractivity contribution in [3.8, 4) is 0 Å². The molecule has 0 amide bonds. The number of aromatic amines is 1. The molecule has 1 aromatic heterocycles. The lowest BCUT2D eigenvalue weighted by Gasteiger charge is -2.00. The third-order valence-electron chi connectivity index (χ3n) is 2.14. The first-order valence-electron chi connectivity index (χ1n) is 4.32. The molecule has 0 unspecified atom stereocenters. The zero-order valence-electron chi connectivity index (χ0n) is 7.63. The summed E-state index contributed by atoms with van der Waals surface area (Å²) in [6, 6.07) is 3.20. The molecule has 0 aliphatic heterocycles. The molecule has 80 valence electrons. The Hall–Kier alpha value is -0.970. The number of halogens is 2. The molecule has 2 N–H and O–H groups in total. The second-order valence-electron chi connectivity index (χ2n) is 3.09. The van der Waals surface area contributed by atoms with Crippen molar-refractivity contribution < 1.29 is 5.11 Å². The Kier molecular flexibility index (Phi) is 2.73. The summed E-state index contributed by atoms with van der Waals surface area (Å²) in [7, 11) is 0. The van der Waals surface area contributed by atoms with E-state index in [9.17, 15) is 4.79 Å². The number of aliphatic hydroxyl groups excluding tert-OH is 1. The molecule has 4 nitrogen and oxygen atoms in total. The molecular weight excluding hydrogens is 239 g/mol. The predicted octanol–water partition coefficient (Wildman–Crippen LogP) is 1.63. The molecule has 2 rings (SSSR count). The summed E-state index contributed by atoms with van der Waals surface area (Å²) < 4.78 is 1.41. The summed E-state index contributed by atoms with van der Waals surface area (Å²) >= 11 is 11.7. The fourth-order valence-corrected chi connectivity index (χ4v) is 1.80. The Labute approximate surface area is 95.0 Å². The van der Waals surface area contributed by atoms with Gasteiger partial charge in [0.2, 0.25) is 0 Å². The van der Waals surface area contributed by atoms with E-state index in [1.54, 1.807) is 12.1 Å². The molecule has 1 heterocycles. The average Bonchev–Trinajstić information content (AvgIpc) is 2.46. The Morgan fingerprint density at radius 2 is 2.00 bits per heavy atom. The maximum atomic E-state index is 11.5. The van der Waals surface area contributed by atoms with E-state index in [1.165, 1.54) is 4.57 Å². The zero-order chi connectivity index (χ0) is 11.0. The van der Waals surface area contributed by atoms with Crippen molar-refractivity contribution in [3.05, 3.63) is 32.7 Å². The second-order valence-corrected chi connectivity index (χ2v) is 3.90. The minimum atomic E-state index is -0.280. The maximum Gasteiger partial charge on any atom is 0.326 e. The molecule has 0 aliphatic rings. The number of nitrogens with one attached hydrogen (secondary N) is 1. The topological polar surface area (TPSA) is 58.0 Å². The van der Waals surface area contributed by atoms with Crippen molar-refractivity contribution in [2.75, 3.05) is 6.61 Å². The smallest absolute Gasteiger partial charge is 0.326 e. The highest BCUT2D eigenvalue weighted by Gasteiger charge is 2.08. The van der Waals surface area contributed by atoms with Gasteiger partial charge in [0.25, 0.3) is 0 Å². The molecule has 15 heavy (non-hydrogen) atoms. The van der Waals surface area contributed by atoms with Crippen LogP contribution in [0.15, 0.2) is 16.9 Å². The van der Waals surface area contributed by atoms with E-state index < -0.39 is 0 Å². The molecule has 0 aliphatic carbocycles. The third-order valence-corrected chi connectivity index (χ3v) is 2.86. The second kappa shape index (κ2) is 3.89. The first kappa shape index (κ1) is 10.5. The number of hydrogen-bond donors (Lipinski definition) is 2. The molecule has 0 spiro atoms. The van der Waals surface area contributed by atoms with Gasteiger partial charge < -0.3 is 10.1 Å². The van der Waals surface area contributed by atoms with E-state index in [-0.39, 0.29) is 18.8 Å². The number of aliphatic hydroxyl groups is 1. The van der Waals surface area contributed by atoms with E-state index in [2.05, 4.69) is 4.98 Å². The molecule has 2 aromatic rings. The summed E-state index contributed by atoms with van der Waals surface area (Å²) in [4.78, 5) is 14.1. The largest absolute Gasteiger partial charge is 0.395 e. The van der Waals surface area contributed by atoms with Crippen molar-refractivity contribution in [1.29, 1.82) is 0 Å². The van der Waals surface area contributed by atoms with Crippen LogP contribution in [0.2, 0.25) is 10.0 Å². The van der Waals surface area contributed by atoms with Gasteiger partial charge in [0.05, 0.1) is 34.2 Å². The monoisotopic (exact) mass is 246 g/mol. The number of aromatic nitrogens is 2. The number of H-pyrrole nitrogens is 1. The summed E-state index contributed by atoms with van der Waals surface area (Å²) in [6.45, 7) is 0.129. The van der Waals surface area contributed by atoms with Crippen LogP contribution in [0, 0.1) is 0 Å². The van der Waals surface area contributed by atoms with Crippen molar-refractivity contribution in [2.45, 2.75) is 6.54 Å². The lowest BCUT2D eigenvalue weighted by Crippen LogP contribution is -2.18. The van der Waals surface area contributed by atoms with Crippen LogP contribution < -0.4 is 5.69 Å². The Bertz CT molecular complexity index is 559. The Balaban J connectivity index is 2.76. The van der Waals surface area contributed by atoms with Crippen molar-refractivity contribution in [2.24, 2.45) is 0 Å². The van der Waals surface area contributed by atoms with Gasteiger partial charge in [-0.25, -0.2) is 4.79 Å². The van der Waals surface area contributed by atoms with Crippen molar-refractivity contribution in [1.82, 2.24) is 9.55 Å². The summed E-state index contributed by atoms with van der Waals surface area (Å²) in [5, 5.41) is 9.59. The molecule has 0 atom stereocenters. The first-order valence-corrected chi connectivity index (χ1v) is 5.07. The quantitative estimate of drug-likeness (QED) is 0.847. The van der Waals surface area contributed by atoms with Gasteiger partial charge in [0.1, 0.15) is 0 Å². The summed E-state index contributed by atoms with van der Waals surface area (Å²) in [5.74, 6) is 0. The maximum absolute atomic E-state index is 11.5. The van der Waals surface area contributed by atoms with Gasteiger partial charge in [-0.2, -0.15) is 0 Å². The number of fused-ring (bicyclic) bond motifs is 1. The standard InChI is InChI=1S/C9H8Cl2N2O2/c10-5-3-7-8(4-6(5)11)13(1-2-14)9(15)12-7/h3-4,14H,1-2H2,(H,12,15). The minimum absolute atomic E-state index is 0.104. The number of rotatable bonds is 2. The fourth-order valence-electron chi connectivity index (χ4n) is 1.47. The van der Waals surface area contributed by atoms with Gasteiger partial charge in [0.15, 0.2) is 0 Å². The van der Waals surface area contributed by atoms with E-state index in [1.807, 2.05) is 0 Å². The molecular formula is C9H8Cl2N2O2. The lowest BCUT2D eigenvalue weighted by molar-refractivity contribution is 0.276. The first-order chi connectivity index (χ1) is 7.13. The number of nitrogens with zero attached hydrogens (tertiary/aromatic N) is 1. The van der Waals surface area contributed by atoms with Gasteiger partial charge >= 0.3 is 5.69 Å². The van der Waals surface area contributed by atoms with E-state index in [0.717, 1.165) is 0 Å². The normalized spacial score (nSPS) is 11.1. The molecule has 0 fully saturated rings. The predicted molar refractivity (Wildman–Crippen MR) is 59.7 cm³/mol. The zero-order valence-corrected chi connectivity index (χ0v) is 9.14. The Morgan fingerprint density at radius 1 is 1.33 bits per heavy atom. The average molecular weight is 247 g/mol. The van der Waals surface area contributed by atoms with Gasteiger partial charge in [-0.05, 0) is 12.1 Å². The van der Waals surface area contributed by atoms with Crippen LogP contribution in [0.3, 0.4) is 0 Å². The van der Waals surface area contributed by atoms with Crippen LogP contribution in [0.25, 0.3) is 11.0 Å². The highest BCUT2D eigenvalue weighted by atomic mass is 35.5. The molecule has 0 bridgehead atoms. The molecule has 0 saturated heterocycles. The van der Waals surface area contributed by atoms with E-state index in [0.29, 0.717) is 21.1 Å². The number of hydrogen-bond acceptors (Lipinski definition) is 2.